The molecule has 3 heterocycles. The molecule has 4 rings (SSSR count). The third kappa shape index (κ3) is 3.95. The van der Waals surface area contributed by atoms with Gasteiger partial charge in [0.1, 0.15) is 12.6 Å². The smallest absolute Gasteiger partial charge is 0.408 e. The van der Waals surface area contributed by atoms with Crippen LogP contribution in [0.1, 0.15) is 25.8 Å². The van der Waals surface area contributed by atoms with Gasteiger partial charge in [0.05, 0.1) is 25.9 Å². The van der Waals surface area contributed by atoms with E-state index in [4.69, 9.17) is 18.9 Å². The Morgan fingerprint density at radius 1 is 1.24 bits per heavy atom. The van der Waals surface area contributed by atoms with Crippen molar-refractivity contribution in [3.05, 3.63) is 35.9 Å². The van der Waals surface area contributed by atoms with Crippen LogP contribution < -0.4 is 5.32 Å². The number of alkyl carbamates (subject to hydrolysis) is 1. The Labute approximate surface area is 147 Å². The number of amides is 1. The first-order chi connectivity index (χ1) is 12.0. The van der Waals surface area contributed by atoms with Crippen LogP contribution in [0.5, 0.6) is 0 Å². The maximum atomic E-state index is 12.2. The highest BCUT2D eigenvalue weighted by Crippen LogP contribution is 2.40. The van der Waals surface area contributed by atoms with Gasteiger partial charge in [-0.25, -0.2) is 4.79 Å². The van der Waals surface area contributed by atoms with Gasteiger partial charge in [0.2, 0.25) is 0 Å². The van der Waals surface area contributed by atoms with Crippen LogP contribution in [0, 0.1) is 5.41 Å². The Hall–Kier alpha value is -1.67. The van der Waals surface area contributed by atoms with E-state index in [1.807, 2.05) is 37.3 Å². The average Bonchev–Trinajstić information content (AvgIpc) is 2.65. The fraction of sp³-hybridized carbons (Fsp3) is 0.611. The summed E-state index contributed by atoms with van der Waals surface area (Å²) in [6.45, 7) is 5.28. The summed E-state index contributed by atoms with van der Waals surface area (Å²) in [7, 11) is 0. The SMILES string of the molecule is CC[C@H](O)[C@H](NC(=O)OCc1ccccc1)C12OCC(C)(CO1)CO2. The third-order valence-corrected chi connectivity index (χ3v) is 4.54. The summed E-state index contributed by atoms with van der Waals surface area (Å²) < 4.78 is 22.5. The van der Waals surface area contributed by atoms with E-state index in [2.05, 4.69) is 5.32 Å². The molecule has 3 aliphatic rings. The molecule has 3 fully saturated rings. The number of fused-ring (bicyclic) bond motifs is 3. The lowest BCUT2D eigenvalue weighted by Gasteiger charge is -2.53. The Bertz CT molecular complexity index is 568. The molecule has 7 heteroatoms. The second kappa shape index (κ2) is 7.29. The summed E-state index contributed by atoms with van der Waals surface area (Å²) in [4.78, 5) is 12.2. The van der Waals surface area contributed by atoms with E-state index in [0.717, 1.165) is 5.56 Å². The number of carbonyl (C=O) groups excluding carboxylic acids is 1. The van der Waals surface area contributed by atoms with Crippen molar-refractivity contribution in [3.63, 3.8) is 0 Å². The van der Waals surface area contributed by atoms with E-state index in [1.54, 1.807) is 6.92 Å². The van der Waals surface area contributed by atoms with E-state index in [-0.39, 0.29) is 12.0 Å². The van der Waals surface area contributed by atoms with Gasteiger partial charge in [0.25, 0.3) is 0 Å². The fourth-order valence-corrected chi connectivity index (χ4v) is 2.89. The van der Waals surface area contributed by atoms with Crippen LogP contribution in [0.15, 0.2) is 30.3 Å². The zero-order chi connectivity index (χ0) is 17.9. The summed E-state index contributed by atoms with van der Waals surface area (Å²) in [5.74, 6) is -1.47. The topological polar surface area (TPSA) is 86.3 Å². The summed E-state index contributed by atoms with van der Waals surface area (Å²) >= 11 is 0. The van der Waals surface area contributed by atoms with E-state index >= 15 is 0 Å². The number of carbonyl (C=O) groups is 1. The Kier molecular flexibility index (Phi) is 5.29. The number of hydrogen-bond acceptors (Lipinski definition) is 6. The van der Waals surface area contributed by atoms with Crippen molar-refractivity contribution in [1.82, 2.24) is 5.32 Å². The number of aliphatic hydroxyl groups is 1. The fourth-order valence-electron chi connectivity index (χ4n) is 2.89. The lowest BCUT2D eigenvalue weighted by Crippen LogP contribution is -2.70. The largest absolute Gasteiger partial charge is 0.445 e. The van der Waals surface area contributed by atoms with E-state index < -0.39 is 24.2 Å². The van der Waals surface area contributed by atoms with E-state index in [1.165, 1.54) is 0 Å². The number of aliphatic hydroxyl groups excluding tert-OH is 1. The molecule has 3 saturated heterocycles. The van der Waals surface area contributed by atoms with Crippen LogP contribution in [0.25, 0.3) is 0 Å². The maximum Gasteiger partial charge on any atom is 0.408 e. The molecule has 138 valence electrons. The summed E-state index contributed by atoms with van der Waals surface area (Å²) in [5.41, 5.74) is 0.676. The normalized spacial score (nSPS) is 30.5. The molecule has 2 N–H and O–H groups in total. The third-order valence-electron chi connectivity index (χ3n) is 4.54. The molecule has 7 nitrogen and oxygen atoms in total. The minimum atomic E-state index is -1.47. The number of hydrogen-bond donors (Lipinski definition) is 2. The summed E-state index contributed by atoms with van der Waals surface area (Å²) in [6, 6.07) is 8.48. The number of benzene rings is 1. The highest BCUT2D eigenvalue weighted by Gasteiger charge is 2.57. The van der Waals surface area contributed by atoms with E-state index in [9.17, 15) is 9.90 Å². The van der Waals surface area contributed by atoms with Crippen molar-refractivity contribution in [2.45, 2.75) is 45.0 Å². The van der Waals surface area contributed by atoms with Crippen LogP contribution >= 0.6 is 0 Å². The van der Waals surface area contributed by atoms with Crippen molar-refractivity contribution in [2.75, 3.05) is 19.8 Å². The van der Waals surface area contributed by atoms with Gasteiger partial charge < -0.3 is 29.4 Å². The molecule has 1 aromatic carbocycles. The summed E-state index contributed by atoms with van der Waals surface area (Å²) in [5, 5.41) is 13.0. The number of rotatable bonds is 6. The maximum absolute atomic E-state index is 12.2. The number of ether oxygens (including phenoxy) is 4. The molecule has 3 aliphatic heterocycles. The van der Waals surface area contributed by atoms with Crippen molar-refractivity contribution in [2.24, 2.45) is 5.41 Å². The van der Waals surface area contributed by atoms with Crippen LogP contribution in [-0.2, 0) is 25.6 Å². The van der Waals surface area contributed by atoms with Crippen molar-refractivity contribution >= 4 is 6.09 Å². The van der Waals surface area contributed by atoms with Gasteiger partial charge in [0.15, 0.2) is 0 Å². The molecule has 1 aromatic rings. The van der Waals surface area contributed by atoms with Gasteiger partial charge in [0, 0.05) is 5.41 Å². The van der Waals surface area contributed by atoms with Crippen molar-refractivity contribution < 1.29 is 28.8 Å². The molecule has 0 radical (unpaired) electrons. The Morgan fingerprint density at radius 3 is 2.40 bits per heavy atom. The first-order valence-electron chi connectivity index (χ1n) is 8.53. The molecular formula is C18H25NO6. The minimum Gasteiger partial charge on any atom is -0.445 e. The minimum absolute atomic E-state index is 0.134. The highest BCUT2D eigenvalue weighted by atomic mass is 16.9. The van der Waals surface area contributed by atoms with Crippen molar-refractivity contribution in [3.8, 4) is 0 Å². The molecule has 0 unspecified atom stereocenters. The standard InChI is InChI=1S/C18H25NO6/c1-3-14(20)15(18-23-10-17(2,11-24-18)12-25-18)19-16(21)22-9-13-7-5-4-6-8-13/h4-8,14-15,20H,3,9-12H2,1-2H3,(H,19,21)/t14-,15-,17?,18?/m0/s1. The van der Waals surface area contributed by atoms with Gasteiger partial charge in [-0.3, -0.25) is 0 Å². The molecule has 0 spiro atoms. The van der Waals surface area contributed by atoms with Crippen LogP contribution in [0.4, 0.5) is 4.79 Å². The highest BCUT2D eigenvalue weighted by molar-refractivity contribution is 5.67. The monoisotopic (exact) mass is 351 g/mol. The van der Waals surface area contributed by atoms with Crippen LogP contribution in [0.3, 0.4) is 0 Å². The second-order valence-electron chi connectivity index (χ2n) is 6.94. The van der Waals surface area contributed by atoms with Gasteiger partial charge in [-0.1, -0.05) is 44.2 Å². The second-order valence-corrected chi connectivity index (χ2v) is 6.94. The molecule has 0 saturated carbocycles. The van der Waals surface area contributed by atoms with Gasteiger partial charge in [-0.2, -0.15) is 0 Å². The van der Waals surface area contributed by atoms with Crippen LogP contribution in [-0.4, -0.2) is 49.1 Å². The molecule has 25 heavy (non-hydrogen) atoms. The quantitative estimate of drug-likeness (QED) is 0.813. The van der Waals surface area contributed by atoms with Crippen molar-refractivity contribution in [1.29, 1.82) is 0 Å². The molecule has 2 bridgehead atoms. The number of nitrogens with one attached hydrogen (secondary N) is 1. The van der Waals surface area contributed by atoms with Gasteiger partial charge in [-0.15, -0.1) is 0 Å². The lowest BCUT2D eigenvalue weighted by atomic mass is 9.90. The first kappa shape index (κ1) is 18.1. The molecule has 2 atom stereocenters. The molecule has 0 aliphatic carbocycles. The lowest BCUT2D eigenvalue weighted by molar-refractivity contribution is -0.477. The Balaban J connectivity index is 1.64. The summed E-state index contributed by atoms with van der Waals surface area (Å²) in [6.07, 6.45) is -1.16. The molecule has 1 amide bonds. The predicted molar refractivity (Wildman–Crippen MR) is 88.5 cm³/mol. The van der Waals surface area contributed by atoms with Crippen LogP contribution in [0.2, 0.25) is 0 Å². The average molecular weight is 351 g/mol. The zero-order valence-electron chi connectivity index (χ0n) is 14.6. The Morgan fingerprint density at radius 2 is 1.84 bits per heavy atom. The molecule has 0 aromatic heterocycles. The van der Waals surface area contributed by atoms with Gasteiger partial charge in [-0.05, 0) is 12.0 Å². The molecular weight excluding hydrogens is 326 g/mol. The zero-order valence-corrected chi connectivity index (χ0v) is 14.6. The van der Waals surface area contributed by atoms with E-state index in [0.29, 0.717) is 26.2 Å². The van der Waals surface area contributed by atoms with Gasteiger partial charge >= 0.3 is 12.1 Å². The predicted octanol–water partition coefficient (Wildman–Crippen LogP) is 1.79. The first-order valence-corrected chi connectivity index (χ1v) is 8.53.